The topological polar surface area (TPSA) is 89.0 Å². The number of hydrogen-bond donors (Lipinski definition) is 1. The van der Waals surface area contributed by atoms with Crippen LogP contribution in [-0.4, -0.2) is 51.7 Å². The zero-order valence-electron chi connectivity index (χ0n) is 26.1. The highest BCUT2D eigenvalue weighted by Gasteiger charge is 2.34. The Kier molecular flexibility index (Phi) is 8.95. The van der Waals surface area contributed by atoms with Crippen molar-refractivity contribution in [2.75, 3.05) is 13.2 Å². The number of halogens is 3. The SMILES string of the molecule is C=C1/C=C\C(=O)N(Cc2cccc(C(F)(F)F)c2)C/C=C(/C)C([C@H](OC(C)(C)C)C(=O)O)=C1c1ccc2c3c(ccnc13)CCO2. The van der Waals surface area contributed by atoms with E-state index in [-0.39, 0.29) is 13.1 Å². The zero-order chi connectivity index (χ0) is 33.4. The third kappa shape index (κ3) is 6.92. The van der Waals surface area contributed by atoms with Gasteiger partial charge in [0.25, 0.3) is 0 Å². The average Bonchev–Trinajstić information content (AvgIpc) is 2.99. The van der Waals surface area contributed by atoms with Crippen molar-refractivity contribution < 1.29 is 37.3 Å². The molecule has 0 fully saturated rings. The number of allylic oxidation sites excluding steroid dienone is 3. The van der Waals surface area contributed by atoms with Gasteiger partial charge in [0.05, 0.1) is 23.3 Å². The lowest BCUT2D eigenvalue weighted by atomic mass is 9.84. The molecule has 46 heavy (non-hydrogen) atoms. The molecule has 0 bridgehead atoms. The molecule has 1 N–H and O–H groups in total. The van der Waals surface area contributed by atoms with Crippen LogP contribution in [0.1, 0.15) is 49.9 Å². The second-order valence-electron chi connectivity index (χ2n) is 12.3. The van der Waals surface area contributed by atoms with E-state index in [0.29, 0.717) is 57.7 Å². The fourth-order valence-corrected chi connectivity index (χ4v) is 5.73. The number of benzene rings is 2. The van der Waals surface area contributed by atoms with Crippen LogP contribution >= 0.6 is 0 Å². The second kappa shape index (κ2) is 12.6. The number of alkyl halides is 3. The number of ether oxygens (including phenoxy) is 2. The molecule has 5 rings (SSSR count). The molecule has 0 saturated carbocycles. The van der Waals surface area contributed by atoms with E-state index in [1.807, 2.05) is 18.2 Å². The van der Waals surface area contributed by atoms with Gasteiger partial charge in [0.1, 0.15) is 5.75 Å². The molecule has 0 unspecified atom stereocenters. The largest absolute Gasteiger partial charge is 0.493 e. The molecule has 0 aliphatic carbocycles. The number of aliphatic carboxylic acids is 1. The van der Waals surface area contributed by atoms with Crippen molar-refractivity contribution in [1.29, 1.82) is 0 Å². The minimum atomic E-state index is -4.53. The first-order valence-electron chi connectivity index (χ1n) is 14.8. The first kappa shape index (κ1) is 32.7. The van der Waals surface area contributed by atoms with E-state index in [0.717, 1.165) is 23.1 Å². The lowest BCUT2D eigenvalue weighted by molar-refractivity contribution is -0.155. The van der Waals surface area contributed by atoms with Gasteiger partial charge in [-0.15, -0.1) is 0 Å². The summed E-state index contributed by atoms with van der Waals surface area (Å²) in [7, 11) is 0. The molecular weight excluding hydrogens is 597 g/mol. The molecule has 0 radical (unpaired) electrons. The van der Waals surface area contributed by atoms with Gasteiger partial charge in [0.15, 0.2) is 6.10 Å². The Bertz CT molecular complexity index is 1800. The Morgan fingerprint density at radius 1 is 1.15 bits per heavy atom. The summed E-state index contributed by atoms with van der Waals surface area (Å²) >= 11 is 0. The van der Waals surface area contributed by atoms with E-state index < -0.39 is 35.3 Å². The zero-order valence-corrected chi connectivity index (χ0v) is 26.1. The summed E-state index contributed by atoms with van der Waals surface area (Å²) in [5, 5.41) is 11.4. The van der Waals surface area contributed by atoms with Crippen molar-refractivity contribution in [3.63, 3.8) is 0 Å². The first-order chi connectivity index (χ1) is 21.6. The average molecular weight is 633 g/mol. The number of carbonyl (C=O) groups is 2. The van der Waals surface area contributed by atoms with Gasteiger partial charge in [-0.25, -0.2) is 4.79 Å². The van der Waals surface area contributed by atoms with Crippen molar-refractivity contribution in [2.24, 2.45) is 0 Å². The van der Waals surface area contributed by atoms with E-state index >= 15 is 0 Å². The van der Waals surface area contributed by atoms with Crippen molar-refractivity contribution >= 4 is 28.4 Å². The summed E-state index contributed by atoms with van der Waals surface area (Å²) < 4.78 is 52.2. The highest BCUT2D eigenvalue weighted by atomic mass is 19.4. The Morgan fingerprint density at radius 3 is 2.61 bits per heavy atom. The van der Waals surface area contributed by atoms with Crippen LogP contribution in [-0.2, 0) is 33.5 Å². The van der Waals surface area contributed by atoms with Crippen LogP contribution in [0, 0.1) is 0 Å². The second-order valence-corrected chi connectivity index (χ2v) is 12.3. The molecule has 10 heteroatoms. The predicted molar refractivity (Wildman–Crippen MR) is 169 cm³/mol. The van der Waals surface area contributed by atoms with Crippen LogP contribution < -0.4 is 4.74 Å². The molecule has 2 aliphatic heterocycles. The molecule has 2 aliphatic rings. The molecule has 3 heterocycles. The van der Waals surface area contributed by atoms with Crippen molar-refractivity contribution in [3.05, 3.63) is 112 Å². The van der Waals surface area contributed by atoms with Crippen LogP contribution in [0.4, 0.5) is 13.2 Å². The van der Waals surface area contributed by atoms with Crippen LogP contribution in [0.25, 0.3) is 16.5 Å². The first-order valence-corrected chi connectivity index (χ1v) is 14.8. The van der Waals surface area contributed by atoms with Gasteiger partial charge in [-0.2, -0.15) is 13.2 Å². The van der Waals surface area contributed by atoms with E-state index in [9.17, 15) is 27.9 Å². The quantitative estimate of drug-likeness (QED) is 0.307. The number of nitrogens with zero attached hydrogens (tertiary/aromatic N) is 2. The Balaban J connectivity index is 1.71. The number of carbonyl (C=O) groups excluding carboxylic acids is 1. The van der Waals surface area contributed by atoms with E-state index in [1.165, 1.54) is 29.2 Å². The molecule has 0 saturated heterocycles. The number of hydrogen-bond acceptors (Lipinski definition) is 5. The van der Waals surface area contributed by atoms with Gasteiger partial charge in [0.2, 0.25) is 5.91 Å². The number of rotatable bonds is 6. The predicted octanol–water partition coefficient (Wildman–Crippen LogP) is 7.31. The minimum Gasteiger partial charge on any atom is -0.493 e. The number of amides is 1. The monoisotopic (exact) mass is 632 g/mol. The maximum atomic E-state index is 13.5. The number of aromatic nitrogens is 1. The lowest BCUT2D eigenvalue weighted by Crippen LogP contribution is -2.36. The molecule has 240 valence electrons. The molecule has 1 atom stereocenters. The van der Waals surface area contributed by atoms with Crippen LogP contribution in [0.5, 0.6) is 5.75 Å². The number of carboxylic acid groups (broad SMARTS) is 1. The highest BCUT2D eigenvalue weighted by molar-refractivity contribution is 6.03. The van der Waals surface area contributed by atoms with Crippen molar-refractivity contribution in [2.45, 2.75) is 58.5 Å². The summed E-state index contributed by atoms with van der Waals surface area (Å²) in [5.41, 5.74) is 2.48. The highest BCUT2D eigenvalue weighted by Crippen LogP contribution is 2.42. The van der Waals surface area contributed by atoms with Gasteiger partial charge in [-0.05, 0) is 91.9 Å². The fourth-order valence-electron chi connectivity index (χ4n) is 5.73. The number of pyridine rings is 1. The van der Waals surface area contributed by atoms with Crippen LogP contribution in [0.15, 0.2) is 90.2 Å². The van der Waals surface area contributed by atoms with E-state index in [4.69, 9.17) is 9.47 Å². The molecule has 1 aromatic heterocycles. The molecular formula is C36H35F3N2O5. The lowest BCUT2D eigenvalue weighted by Gasteiger charge is -2.30. The third-order valence-electron chi connectivity index (χ3n) is 7.80. The van der Waals surface area contributed by atoms with Crippen molar-refractivity contribution in [1.82, 2.24) is 9.88 Å². The maximum absolute atomic E-state index is 13.5. The summed E-state index contributed by atoms with van der Waals surface area (Å²) in [6.45, 7) is 11.7. The molecule has 1 amide bonds. The standard InChI is InChI=1S/C36H35F3N2O5/c1-21-9-12-28(42)41(20-23-7-6-8-25(19-23)36(37,38)39)17-14-22(2)30(33(34(43)44)46-35(3,4)5)29(21)26-10-11-27-31-24(15-18-45-27)13-16-40-32(26)31/h6-14,16,19,33H,1,15,17-18,20H2,2-5H3,(H,43,44)/b12-9-,22-14-,30-29?/t33-/m0/s1. The van der Waals surface area contributed by atoms with E-state index in [1.54, 1.807) is 40.0 Å². The minimum absolute atomic E-state index is 0.00765. The Morgan fingerprint density at radius 2 is 1.91 bits per heavy atom. The summed E-state index contributed by atoms with van der Waals surface area (Å²) in [5.74, 6) is -1.00. The van der Waals surface area contributed by atoms with Gasteiger partial charge < -0.3 is 19.5 Å². The van der Waals surface area contributed by atoms with Gasteiger partial charge in [0, 0.05) is 48.3 Å². The van der Waals surface area contributed by atoms with Gasteiger partial charge >= 0.3 is 12.1 Å². The Labute approximate surface area is 265 Å². The normalized spacial score (nSPS) is 18.6. The summed E-state index contributed by atoms with van der Waals surface area (Å²) in [6, 6.07) is 10.4. The third-order valence-corrected chi connectivity index (χ3v) is 7.80. The van der Waals surface area contributed by atoms with Gasteiger partial charge in [-0.1, -0.05) is 24.8 Å². The molecule has 0 spiro atoms. The van der Waals surface area contributed by atoms with Crippen LogP contribution in [0.2, 0.25) is 0 Å². The molecule has 2 aromatic carbocycles. The Hall–Kier alpha value is -4.70. The van der Waals surface area contributed by atoms with Crippen LogP contribution in [0.3, 0.4) is 0 Å². The molecule has 3 aromatic rings. The summed E-state index contributed by atoms with van der Waals surface area (Å²) in [6.07, 6.45) is 0.900. The van der Waals surface area contributed by atoms with E-state index in [2.05, 4.69) is 11.6 Å². The summed E-state index contributed by atoms with van der Waals surface area (Å²) in [4.78, 5) is 32.5. The number of carboxylic acids is 1. The van der Waals surface area contributed by atoms with Crippen molar-refractivity contribution in [3.8, 4) is 5.75 Å². The smallest absolute Gasteiger partial charge is 0.416 e. The fraction of sp³-hybridized carbons (Fsp3) is 0.306. The maximum Gasteiger partial charge on any atom is 0.416 e. The van der Waals surface area contributed by atoms with Gasteiger partial charge in [-0.3, -0.25) is 9.78 Å². The molecule has 7 nitrogen and oxygen atoms in total.